The van der Waals surface area contributed by atoms with Crippen LogP contribution < -0.4 is 5.32 Å². The fourth-order valence-corrected chi connectivity index (χ4v) is 1.45. The van der Waals surface area contributed by atoms with E-state index < -0.39 is 12.0 Å². The Morgan fingerprint density at radius 1 is 1.50 bits per heavy atom. The van der Waals surface area contributed by atoms with Crippen molar-refractivity contribution >= 4 is 5.97 Å². The fraction of sp³-hybridized carbons (Fsp3) is 0.833. The van der Waals surface area contributed by atoms with Gasteiger partial charge < -0.3 is 10.4 Å². The van der Waals surface area contributed by atoms with Gasteiger partial charge >= 0.3 is 5.97 Å². The monoisotopic (exact) mass is 226 g/mol. The summed E-state index contributed by atoms with van der Waals surface area (Å²) in [5.41, 5.74) is -0.321. The molecule has 4 heteroatoms. The third kappa shape index (κ3) is 5.72. The Morgan fingerprint density at radius 2 is 2.06 bits per heavy atom. The number of nitrogens with zero attached hydrogens (tertiary/aromatic N) is 1. The Morgan fingerprint density at radius 3 is 2.44 bits per heavy atom. The number of nitrogens with one attached hydrogen (secondary N) is 1. The minimum Gasteiger partial charge on any atom is -0.480 e. The van der Waals surface area contributed by atoms with Gasteiger partial charge in [0, 0.05) is 0 Å². The normalized spacial score (nSPS) is 13.5. The lowest BCUT2D eigenvalue weighted by molar-refractivity contribution is -0.140. The lowest BCUT2D eigenvalue weighted by atomic mass is 9.90. The van der Waals surface area contributed by atoms with Crippen molar-refractivity contribution in [3.63, 3.8) is 0 Å². The maximum Gasteiger partial charge on any atom is 0.320 e. The molecule has 0 aliphatic heterocycles. The molecular weight excluding hydrogens is 204 g/mol. The van der Waals surface area contributed by atoms with Crippen molar-refractivity contribution in [3.8, 4) is 6.07 Å². The van der Waals surface area contributed by atoms with Gasteiger partial charge in [-0.05, 0) is 39.2 Å². The van der Waals surface area contributed by atoms with Crippen LogP contribution in [0, 0.1) is 22.7 Å². The molecule has 0 saturated carbocycles. The molecule has 0 bridgehead atoms. The van der Waals surface area contributed by atoms with Crippen LogP contribution in [0.25, 0.3) is 0 Å². The van der Waals surface area contributed by atoms with Gasteiger partial charge in [0.15, 0.2) is 0 Å². The first-order valence-electron chi connectivity index (χ1n) is 5.67. The molecule has 0 radical (unpaired) electrons. The molecule has 0 saturated heterocycles. The summed E-state index contributed by atoms with van der Waals surface area (Å²) >= 11 is 0. The second-order valence-corrected chi connectivity index (χ2v) is 5.11. The molecule has 0 fully saturated rings. The maximum absolute atomic E-state index is 10.9. The van der Waals surface area contributed by atoms with Crippen LogP contribution >= 0.6 is 0 Å². The maximum atomic E-state index is 10.9. The van der Waals surface area contributed by atoms with Gasteiger partial charge in [-0.2, -0.15) is 5.26 Å². The Hall–Kier alpha value is -1.08. The van der Waals surface area contributed by atoms with Crippen LogP contribution in [-0.2, 0) is 4.79 Å². The highest BCUT2D eigenvalue weighted by molar-refractivity contribution is 5.73. The number of rotatable bonds is 7. The van der Waals surface area contributed by atoms with E-state index >= 15 is 0 Å². The quantitative estimate of drug-likeness (QED) is 0.651. The van der Waals surface area contributed by atoms with Gasteiger partial charge in [0.25, 0.3) is 0 Å². The van der Waals surface area contributed by atoms with E-state index in [9.17, 15) is 4.79 Å². The van der Waals surface area contributed by atoms with Gasteiger partial charge in [-0.1, -0.05) is 13.8 Å². The molecule has 0 aliphatic rings. The van der Waals surface area contributed by atoms with Crippen LogP contribution in [0.2, 0.25) is 0 Å². The van der Waals surface area contributed by atoms with E-state index in [1.165, 1.54) is 0 Å². The molecule has 92 valence electrons. The van der Waals surface area contributed by atoms with Gasteiger partial charge in [-0.15, -0.1) is 0 Å². The fourth-order valence-electron chi connectivity index (χ4n) is 1.45. The number of nitriles is 1. The summed E-state index contributed by atoms with van der Waals surface area (Å²) in [6, 6.07) is 1.74. The van der Waals surface area contributed by atoms with Crippen molar-refractivity contribution < 1.29 is 9.90 Å². The molecule has 0 spiro atoms. The van der Waals surface area contributed by atoms with E-state index in [2.05, 4.69) is 11.4 Å². The molecule has 0 aromatic carbocycles. The zero-order valence-corrected chi connectivity index (χ0v) is 10.6. The number of carboxylic acids is 1. The van der Waals surface area contributed by atoms with Crippen LogP contribution in [0.4, 0.5) is 0 Å². The number of carbonyl (C=O) groups is 1. The molecule has 0 heterocycles. The summed E-state index contributed by atoms with van der Waals surface area (Å²) in [7, 11) is 0. The Balaban J connectivity index is 3.90. The van der Waals surface area contributed by atoms with Gasteiger partial charge in [-0.25, -0.2) is 0 Å². The molecule has 4 nitrogen and oxygen atoms in total. The van der Waals surface area contributed by atoms with Crippen molar-refractivity contribution in [1.82, 2.24) is 5.32 Å². The second kappa shape index (κ2) is 6.49. The summed E-state index contributed by atoms with van der Waals surface area (Å²) in [6.07, 6.45) is 1.60. The van der Waals surface area contributed by atoms with Crippen LogP contribution in [0.3, 0.4) is 0 Å². The largest absolute Gasteiger partial charge is 0.480 e. The van der Waals surface area contributed by atoms with Crippen LogP contribution in [0.5, 0.6) is 0 Å². The summed E-state index contributed by atoms with van der Waals surface area (Å²) in [5.74, 6) is -0.740. The number of hydrogen-bond acceptors (Lipinski definition) is 3. The zero-order chi connectivity index (χ0) is 12.8. The average Bonchev–Trinajstić information content (AvgIpc) is 2.16. The van der Waals surface area contributed by atoms with E-state index in [1.807, 2.05) is 27.7 Å². The van der Waals surface area contributed by atoms with Gasteiger partial charge in [-0.3, -0.25) is 4.79 Å². The Kier molecular flexibility index (Phi) is 6.05. The molecule has 0 amide bonds. The first-order chi connectivity index (χ1) is 7.30. The molecular formula is C12H22N2O2. The average molecular weight is 226 g/mol. The smallest absolute Gasteiger partial charge is 0.320 e. The number of hydrogen-bond donors (Lipinski definition) is 2. The van der Waals surface area contributed by atoms with Crippen molar-refractivity contribution in [2.24, 2.45) is 11.3 Å². The standard InChI is InChI=1S/C12H22N2O2/c1-9(2)10(11(15)16)14-7-5-6-12(3,4)8-13/h9-10,14H,5-7H2,1-4H3,(H,15,16). The second-order valence-electron chi connectivity index (χ2n) is 5.11. The minimum absolute atomic E-state index is 0.0708. The summed E-state index contributed by atoms with van der Waals surface area (Å²) < 4.78 is 0. The van der Waals surface area contributed by atoms with Gasteiger partial charge in [0.2, 0.25) is 0 Å². The molecule has 1 atom stereocenters. The van der Waals surface area contributed by atoms with Crippen LogP contribution in [0.15, 0.2) is 0 Å². The summed E-state index contributed by atoms with van der Waals surface area (Å²) in [4.78, 5) is 10.9. The van der Waals surface area contributed by atoms with Crippen LogP contribution in [-0.4, -0.2) is 23.7 Å². The zero-order valence-electron chi connectivity index (χ0n) is 10.6. The number of aliphatic carboxylic acids is 1. The predicted molar refractivity (Wildman–Crippen MR) is 62.9 cm³/mol. The molecule has 2 N–H and O–H groups in total. The highest BCUT2D eigenvalue weighted by atomic mass is 16.4. The van der Waals surface area contributed by atoms with Crippen molar-refractivity contribution in [3.05, 3.63) is 0 Å². The molecule has 0 aromatic heterocycles. The lowest BCUT2D eigenvalue weighted by Crippen LogP contribution is -2.41. The van der Waals surface area contributed by atoms with Crippen molar-refractivity contribution in [2.45, 2.75) is 46.6 Å². The lowest BCUT2D eigenvalue weighted by Gasteiger charge is -2.19. The summed E-state index contributed by atoms with van der Waals surface area (Å²) in [6.45, 7) is 8.19. The minimum atomic E-state index is -0.811. The molecule has 1 unspecified atom stereocenters. The van der Waals surface area contributed by atoms with Gasteiger partial charge in [0.1, 0.15) is 6.04 Å². The molecule has 16 heavy (non-hydrogen) atoms. The summed E-state index contributed by atoms with van der Waals surface area (Å²) in [5, 5.41) is 20.8. The topological polar surface area (TPSA) is 73.1 Å². The van der Waals surface area contributed by atoms with E-state index in [1.54, 1.807) is 0 Å². The molecule has 0 aromatic rings. The molecule has 0 aliphatic carbocycles. The van der Waals surface area contributed by atoms with E-state index in [0.29, 0.717) is 6.54 Å². The van der Waals surface area contributed by atoms with Crippen molar-refractivity contribution in [1.29, 1.82) is 5.26 Å². The van der Waals surface area contributed by atoms with Crippen molar-refractivity contribution in [2.75, 3.05) is 6.54 Å². The highest BCUT2D eigenvalue weighted by Crippen LogP contribution is 2.20. The Labute approximate surface area is 97.7 Å². The Bertz CT molecular complexity index is 267. The SMILES string of the molecule is CC(C)C(NCCCC(C)(C)C#N)C(=O)O. The van der Waals surface area contributed by atoms with Crippen LogP contribution in [0.1, 0.15) is 40.5 Å². The van der Waals surface area contributed by atoms with E-state index in [-0.39, 0.29) is 11.3 Å². The van der Waals surface area contributed by atoms with E-state index in [4.69, 9.17) is 10.4 Å². The predicted octanol–water partition coefficient (Wildman–Crippen LogP) is 2.02. The number of carboxylic acid groups (broad SMARTS) is 1. The highest BCUT2D eigenvalue weighted by Gasteiger charge is 2.21. The third-order valence-corrected chi connectivity index (χ3v) is 2.58. The molecule has 0 rings (SSSR count). The third-order valence-electron chi connectivity index (χ3n) is 2.58. The van der Waals surface area contributed by atoms with E-state index in [0.717, 1.165) is 12.8 Å². The van der Waals surface area contributed by atoms with Gasteiger partial charge in [0.05, 0.1) is 11.5 Å². The first-order valence-corrected chi connectivity index (χ1v) is 5.67. The first kappa shape index (κ1) is 14.9.